The van der Waals surface area contributed by atoms with Crippen molar-refractivity contribution in [2.75, 3.05) is 6.61 Å². The molecule has 0 amide bonds. The largest absolute Gasteiger partial charge is 0.466 e. The van der Waals surface area contributed by atoms with Gasteiger partial charge < -0.3 is 9.84 Å². The summed E-state index contributed by atoms with van der Waals surface area (Å²) in [6.07, 6.45) is 0.341. The van der Waals surface area contributed by atoms with E-state index in [9.17, 15) is 19.1 Å². The lowest BCUT2D eigenvalue weighted by atomic mass is 9.80. The predicted molar refractivity (Wildman–Crippen MR) is 90.1 cm³/mol. The number of ketones is 1. The molecule has 0 fully saturated rings. The van der Waals surface area contributed by atoms with Crippen LogP contribution in [0.25, 0.3) is 0 Å². The van der Waals surface area contributed by atoms with E-state index in [4.69, 9.17) is 4.74 Å². The van der Waals surface area contributed by atoms with Crippen LogP contribution < -0.4 is 0 Å². The fraction of sp³-hybridized carbons (Fsp3) is 0.579. The summed E-state index contributed by atoms with van der Waals surface area (Å²) >= 11 is 0. The molecule has 0 aliphatic carbocycles. The van der Waals surface area contributed by atoms with Crippen molar-refractivity contribution in [1.29, 1.82) is 0 Å². The first-order valence-electron chi connectivity index (χ1n) is 8.33. The number of hydrogen-bond acceptors (Lipinski definition) is 4. The van der Waals surface area contributed by atoms with Gasteiger partial charge in [0, 0.05) is 6.42 Å². The average molecular weight is 338 g/mol. The second-order valence-electron chi connectivity index (χ2n) is 6.48. The molecule has 0 unspecified atom stereocenters. The molecule has 0 radical (unpaired) electrons. The summed E-state index contributed by atoms with van der Waals surface area (Å²) in [5, 5.41) is 10.9. The molecule has 0 aliphatic heterocycles. The van der Waals surface area contributed by atoms with Gasteiger partial charge in [-0.2, -0.15) is 0 Å². The SMILES string of the molecule is CCOC(=O)CC(=O)C[C@@](O)(CCc1cccc(F)c1C)C(C)C. The Morgan fingerprint density at radius 3 is 2.58 bits per heavy atom. The van der Waals surface area contributed by atoms with Gasteiger partial charge in [-0.05, 0) is 49.8 Å². The Morgan fingerprint density at radius 2 is 2.00 bits per heavy atom. The van der Waals surface area contributed by atoms with E-state index in [0.29, 0.717) is 18.4 Å². The second kappa shape index (κ2) is 8.92. The number of rotatable bonds is 9. The lowest BCUT2D eigenvalue weighted by molar-refractivity contribution is -0.146. The molecule has 24 heavy (non-hydrogen) atoms. The highest BCUT2D eigenvalue weighted by Gasteiger charge is 2.34. The number of Topliss-reactive ketones (excluding diaryl/α,β-unsaturated/α-hetero) is 1. The summed E-state index contributed by atoms with van der Waals surface area (Å²) in [5.74, 6) is -1.37. The maximum absolute atomic E-state index is 13.6. The number of carbonyl (C=O) groups is 2. The van der Waals surface area contributed by atoms with Crippen LogP contribution in [0, 0.1) is 18.7 Å². The monoisotopic (exact) mass is 338 g/mol. The quantitative estimate of drug-likeness (QED) is 0.554. The van der Waals surface area contributed by atoms with Crippen molar-refractivity contribution in [2.24, 2.45) is 5.92 Å². The molecule has 0 spiro atoms. The maximum Gasteiger partial charge on any atom is 0.313 e. The molecule has 0 saturated carbocycles. The van der Waals surface area contributed by atoms with E-state index in [1.165, 1.54) is 6.07 Å². The van der Waals surface area contributed by atoms with Gasteiger partial charge in [-0.15, -0.1) is 0 Å². The Morgan fingerprint density at radius 1 is 1.33 bits per heavy atom. The summed E-state index contributed by atoms with van der Waals surface area (Å²) in [6.45, 7) is 7.25. The van der Waals surface area contributed by atoms with Gasteiger partial charge in [0.2, 0.25) is 0 Å². The number of aliphatic hydroxyl groups is 1. The highest BCUT2D eigenvalue weighted by Crippen LogP contribution is 2.29. The molecule has 0 saturated heterocycles. The van der Waals surface area contributed by atoms with Gasteiger partial charge >= 0.3 is 5.97 Å². The molecule has 0 aliphatic rings. The van der Waals surface area contributed by atoms with Crippen LogP contribution in [0.4, 0.5) is 4.39 Å². The average Bonchev–Trinajstić information content (AvgIpc) is 2.48. The van der Waals surface area contributed by atoms with Crippen LogP contribution in [0.5, 0.6) is 0 Å². The van der Waals surface area contributed by atoms with Crippen LogP contribution in [0.1, 0.15) is 51.2 Å². The summed E-state index contributed by atoms with van der Waals surface area (Å²) in [6, 6.07) is 4.86. The van der Waals surface area contributed by atoms with Gasteiger partial charge in [0.25, 0.3) is 0 Å². The smallest absolute Gasteiger partial charge is 0.313 e. The highest BCUT2D eigenvalue weighted by atomic mass is 19.1. The number of carbonyl (C=O) groups excluding carboxylic acids is 2. The van der Waals surface area contributed by atoms with Crippen molar-refractivity contribution in [1.82, 2.24) is 0 Å². The Kier molecular flexibility index (Phi) is 7.55. The minimum Gasteiger partial charge on any atom is -0.466 e. The van der Waals surface area contributed by atoms with Crippen LogP contribution in [-0.2, 0) is 20.7 Å². The highest BCUT2D eigenvalue weighted by molar-refractivity contribution is 5.95. The fourth-order valence-electron chi connectivity index (χ4n) is 2.63. The van der Waals surface area contributed by atoms with E-state index < -0.39 is 11.6 Å². The summed E-state index contributed by atoms with van der Waals surface area (Å²) in [7, 11) is 0. The van der Waals surface area contributed by atoms with Crippen molar-refractivity contribution >= 4 is 11.8 Å². The lowest BCUT2D eigenvalue weighted by Gasteiger charge is -2.32. The van der Waals surface area contributed by atoms with Crippen molar-refractivity contribution in [3.63, 3.8) is 0 Å². The van der Waals surface area contributed by atoms with E-state index in [2.05, 4.69) is 0 Å². The van der Waals surface area contributed by atoms with Crippen LogP contribution in [0.2, 0.25) is 0 Å². The predicted octanol–water partition coefficient (Wildman–Crippen LogP) is 3.37. The van der Waals surface area contributed by atoms with Crippen LogP contribution in [0.15, 0.2) is 18.2 Å². The van der Waals surface area contributed by atoms with Gasteiger partial charge in [-0.3, -0.25) is 9.59 Å². The number of esters is 1. The molecule has 4 nitrogen and oxygen atoms in total. The Balaban J connectivity index is 2.75. The number of ether oxygens (including phenoxy) is 1. The zero-order valence-corrected chi connectivity index (χ0v) is 14.9. The van der Waals surface area contributed by atoms with Crippen molar-refractivity contribution in [3.8, 4) is 0 Å². The van der Waals surface area contributed by atoms with E-state index >= 15 is 0 Å². The molecule has 1 aromatic carbocycles. The van der Waals surface area contributed by atoms with Crippen molar-refractivity contribution in [2.45, 2.75) is 59.0 Å². The number of benzene rings is 1. The van der Waals surface area contributed by atoms with E-state index in [-0.39, 0.29) is 37.0 Å². The molecule has 1 aromatic rings. The minimum atomic E-state index is -1.23. The van der Waals surface area contributed by atoms with E-state index in [1.807, 2.05) is 19.9 Å². The number of halogens is 1. The van der Waals surface area contributed by atoms with Crippen molar-refractivity contribution in [3.05, 3.63) is 35.1 Å². The molecule has 0 heterocycles. The Bertz CT molecular complexity index is 583. The molecule has 1 N–H and O–H groups in total. The van der Waals surface area contributed by atoms with E-state index in [1.54, 1.807) is 19.9 Å². The Hall–Kier alpha value is -1.75. The number of hydrogen-bond donors (Lipinski definition) is 1. The molecule has 0 bridgehead atoms. The first-order valence-corrected chi connectivity index (χ1v) is 8.33. The lowest BCUT2D eigenvalue weighted by Crippen LogP contribution is -2.38. The maximum atomic E-state index is 13.6. The molecule has 1 atom stereocenters. The fourth-order valence-corrected chi connectivity index (χ4v) is 2.63. The molecule has 5 heteroatoms. The van der Waals surface area contributed by atoms with Gasteiger partial charge in [0.15, 0.2) is 0 Å². The standard InChI is InChI=1S/C19H27FO4/c1-5-24-18(22)11-16(21)12-19(23,13(2)3)10-9-15-7-6-8-17(20)14(15)4/h6-8,13,23H,5,9-12H2,1-4H3/t19-/m0/s1. The van der Waals surface area contributed by atoms with Crippen LogP contribution in [-0.4, -0.2) is 29.1 Å². The van der Waals surface area contributed by atoms with Gasteiger partial charge in [0.1, 0.15) is 18.0 Å². The van der Waals surface area contributed by atoms with E-state index in [0.717, 1.165) is 5.56 Å². The zero-order chi connectivity index (χ0) is 18.3. The zero-order valence-electron chi connectivity index (χ0n) is 14.9. The third-order valence-corrected chi connectivity index (χ3v) is 4.43. The third kappa shape index (κ3) is 5.71. The third-order valence-electron chi connectivity index (χ3n) is 4.43. The van der Waals surface area contributed by atoms with Crippen LogP contribution in [0.3, 0.4) is 0 Å². The van der Waals surface area contributed by atoms with Crippen molar-refractivity contribution < 1.29 is 23.8 Å². The summed E-state index contributed by atoms with van der Waals surface area (Å²) in [4.78, 5) is 23.5. The normalized spacial score (nSPS) is 13.6. The summed E-state index contributed by atoms with van der Waals surface area (Å²) in [5.41, 5.74) is 0.135. The first-order chi connectivity index (χ1) is 11.2. The molecular weight excluding hydrogens is 311 g/mol. The number of aryl methyl sites for hydroxylation is 1. The molecular formula is C19H27FO4. The summed E-state index contributed by atoms with van der Waals surface area (Å²) < 4.78 is 18.4. The second-order valence-corrected chi connectivity index (χ2v) is 6.48. The van der Waals surface area contributed by atoms with Gasteiger partial charge in [0.05, 0.1) is 12.2 Å². The first kappa shape index (κ1) is 20.3. The molecule has 1 rings (SSSR count). The Labute approximate surface area is 143 Å². The topological polar surface area (TPSA) is 63.6 Å². The molecule has 0 aromatic heterocycles. The molecule has 134 valence electrons. The van der Waals surface area contributed by atoms with Gasteiger partial charge in [-0.1, -0.05) is 26.0 Å². The van der Waals surface area contributed by atoms with Crippen LogP contribution >= 0.6 is 0 Å². The minimum absolute atomic E-state index is 0.113. The van der Waals surface area contributed by atoms with Gasteiger partial charge in [-0.25, -0.2) is 4.39 Å².